The molecule has 0 amide bonds. The number of nitrogens with one attached hydrogen (secondary N) is 3. The van der Waals surface area contributed by atoms with Crippen LogP contribution in [-0.2, 0) is 6.54 Å². The van der Waals surface area contributed by atoms with Gasteiger partial charge in [-0.1, -0.05) is 24.3 Å². The van der Waals surface area contributed by atoms with Crippen LogP contribution in [0.2, 0.25) is 0 Å². The molecule has 1 aliphatic rings. The molecule has 2 heterocycles. The first kappa shape index (κ1) is 16.7. The van der Waals surface area contributed by atoms with Gasteiger partial charge in [0, 0.05) is 28.9 Å². The van der Waals surface area contributed by atoms with Crippen molar-refractivity contribution >= 4 is 23.1 Å². The molecular formula is C20H17N5O2. The maximum Gasteiger partial charge on any atom is 0.185 e. The smallest absolute Gasteiger partial charge is 0.185 e. The highest BCUT2D eigenvalue weighted by atomic mass is 16.3. The van der Waals surface area contributed by atoms with E-state index in [1.807, 2.05) is 18.2 Å². The fourth-order valence-corrected chi connectivity index (χ4v) is 3.02. The Morgan fingerprint density at radius 2 is 1.96 bits per heavy atom. The second-order valence-electron chi connectivity index (χ2n) is 6.28. The summed E-state index contributed by atoms with van der Waals surface area (Å²) in [6, 6.07) is 12.5. The molecule has 0 fully saturated rings. The standard InChI is InChI=1S/C20H17N5O2/c1-11(26)12-2-4-13(5-3-12)17-18(27)20(24-10-23-17)25-15-6-7-16-14(8-15)9-22-19(16)21/h2-8,10,27H,9H2,1H3,(H2,21,22)(H,23,24,25). The number of hydrogen-bond donors (Lipinski definition) is 4. The third kappa shape index (κ3) is 3.10. The average Bonchev–Trinajstić information content (AvgIpc) is 3.04. The van der Waals surface area contributed by atoms with Gasteiger partial charge in [0.05, 0.1) is 0 Å². The summed E-state index contributed by atoms with van der Waals surface area (Å²) in [6.45, 7) is 2.11. The molecule has 7 heteroatoms. The Morgan fingerprint density at radius 3 is 2.70 bits per heavy atom. The van der Waals surface area contributed by atoms with Crippen LogP contribution < -0.4 is 10.6 Å². The van der Waals surface area contributed by atoms with Gasteiger partial charge in [-0.15, -0.1) is 0 Å². The summed E-state index contributed by atoms with van der Waals surface area (Å²) in [7, 11) is 0. The van der Waals surface area contributed by atoms with Gasteiger partial charge < -0.3 is 15.7 Å². The first-order chi connectivity index (χ1) is 13.0. The molecule has 0 spiro atoms. The first-order valence-corrected chi connectivity index (χ1v) is 8.41. The van der Waals surface area contributed by atoms with E-state index in [-0.39, 0.29) is 17.4 Å². The Labute approximate surface area is 155 Å². The van der Waals surface area contributed by atoms with E-state index in [4.69, 9.17) is 5.41 Å². The lowest BCUT2D eigenvalue weighted by Gasteiger charge is -2.11. The Kier molecular flexibility index (Phi) is 4.04. The minimum Gasteiger partial charge on any atom is -0.503 e. The van der Waals surface area contributed by atoms with E-state index in [0.29, 0.717) is 29.2 Å². The number of fused-ring (bicyclic) bond motifs is 1. The van der Waals surface area contributed by atoms with E-state index < -0.39 is 0 Å². The summed E-state index contributed by atoms with van der Waals surface area (Å²) in [5, 5.41) is 24.5. The molecule has 0 bridgehead atoms. The van der Waals surface area contributed by atoms with E-state index in [2.05, 4.69) is 20.6 Å². The van der Waals surface area contributed by atoms with Crippen LogP contribution in [0.25, 0.3) is 11.3 Å². The summed E-state index contributed by atoms with van der Waals surface area (Å²) >= 11 is 0. The van der Waals surface area contributed by atoms with Crippen LogP contribution in [0.4, 0.5) is 11.5 Å². The topological polar surface area (TPSA) is 111 Å². The van der Waals surface area contributed by atoms with Crippen molar-refractivity contribution < 1.29 is 9.90 Å². The van der Waals surface area contributed by atoms with Gasteiger partial charge in [-0.25, -0.2) is 9.97 Å². The number of anilines is 2. The zero-order valence-electron chi connectivity index (χ0n) is 14.6. The van der Waals surface area contributed by atoms with Crippen LogP contribution in [0.5, 0.6) is 5.75 Å². The van der Waals surface area contributed by atoms with Crippen LogP contribution in [-0.4, -0.2) is 26.7 Å². The third-order valence-electron chi connectivity index (χ3n) is 4.48. The van der Waals surface area contributed by atoms with Gasteiger partial charge in [0.1, 0.15) is 17.9 Å². The number of aromatic nitrogens is 2. The molecule has 4 rings (SSSR count). The molecule has 0 atom stereocenters. The molecule has 0 saturated heterocycles. The van der Waals surface area contributed by atoms with Gasteiger partial charge in [-0.05, 0) is 30.7 Å². The SMILES string of the molecule is CC(=O)c1ccc(-c2ncnc(Nc3ccc4c(c3)CNC4=N)c2O)cc1. The highest BCUT2D eigenvalue weighted by Gasteiger charge is 2.17. The van der Waals surface area contributed by atoms with Crippen molar-refractivity contribution in [2.75, 3.05) is 5.32 Å². The molecule has 0 radical (unpaired) electrons. The molecule has 0 unspecified atom stereocenters. The number of nitrogens with zero attached hydrogens (tertiary/aromatic N) is 2. The Balaban J connectivity index is 1.64. The number of hydrogen-bond acceptors (Lipinski definition) is 6. The highest BCUT2D eigenvalue weighted by Crippen LogP contribution is 2.34. The van der Waals surface area contributed by atoms with Crippen molar-refractivity contribution in [3.8, 4) is 17.0 Å². The number of Topliss-reactive ketones (excluding diaryl/α,β-unsaturated/α-hetero) is 1. The van der Waals surface area contributed by atoms with E-state index in [1.165, 1.54) is 13.3 Å². The molecule has 0 aliphatic carbocycles. The van der Waals surface area contributed by atoms with Crippen LogP contribution in [0.1, 0.15) is 28.4 Å². The van der Waals surface area contributed by atoms with Crippen molar-refractivity contribution in [3.63, 3.8) is 0 Å². The number of benzene rings is 2. The normalized spacial score (nSPS) is 12.4. The molecule has 7 nitrogen and oxygen atoms in total. The minimum atomic E-state index is -0.0700. The number of carbonyl (C=O) groups is 1. The van der Waals surface area contributed by atoms with Crippen molar-refractivity contribution in [3.05, 3.63) is 65.5 Å². The summed E-state index contributed by atoms with van der Waals surface area (Å²) in [5.74, 6) is 0.615. The van der Waals surface area contributed by atoms with Gasteiger partial charge in [-0.3, -0.25) is 10.2 Å². The number of amidine groups is 1. The predicted molar refractivity (Wildman–Crippen MR) is 103 cm³/mol. The lowest BCUT2D eigenvalue weighted by Crippen LogP contribution is -2.12. The zero-order chi connectivity index (χ0) is 19.0. The van der Waals surface area contributed by atoms with Crippen molar-refractivity contribution in [1.82, 2.24) is 15.3 Å². The summed E-state index contributed by atoms with van der Waals surface area (Å²) in [4.78, 5) is 19.7. The fraction of sp³-hybridized carbons (Fsp3) is 0.100. The lowest BCUT2D eigenvalue weighted by molar-refractivity contribution is 0.101. The van der Waals surface area contributed by atoms with Gasteiger partial charge in [-0.2, -0.15) is 0 Å². The van der Waals surface area contributed by atoms with E-state index in [9.17, 15) is 9.90 Å². The summed E-state index contributed by atoms with van der Waals surface area (Å²) < 4.78 is 0. The van der Waals surface area contributed by atoms with Crippen LogP contribution >= 0.6 is 0 Å². The van der Waals surface area contributed by atoms with E-state index in [1.54, 1.807) is 24.3 Å². The van der Waals surface area contributed by atoms with Crippen molar-refractivity contribution in [2.45, 2.75) is 13.5 Å². The number of rotatable bonds is 4. The maximum atomic E-state index is 11.4. The second kappa shape index (κ2) is 6.53. The van der Waals surface area contributed by atoms with Crippen LogP contribution in [0.3, 0.4) is 0 Å². The fourth-order valence-electron chi connectivity index (χ4n) is 3.02. The molecular weight excluding hydrogens is 342 g/mol. The minimum absolute atomic E-state index is 0.0185. The average molecular weight is 359 g/mol. The molecule has 27 heavy (non-hydrogen) atoms. The van der Waals surface area contributed by atoms with Gasteiger partial charge >= 0.3 is 0 Å². The first-order valence-electron chi connectivity index (χ1n) is 8.41. The maximum absolute atomic E-state index is 11.4. The Bertz CT molecular complexity index is 1060. The van der Waals surface area contributed by atoms with Crippen molar-refractivity contribution in [1.29, 1.82) is 5.41 Å². The Hall–Kier alpha value is -3.74. The van der Waals surface area contributed by atoms with Gasteiger partial charge in [0.25, 0.3) is 0 Å². The molecule has 134 valence electrons. The third-order valence-corrected chi connectivity index (χ3v) is 4.48. The summed E-state index contributed by atoms with van der Waals surface area (Å²) in [5.41, 5.74) is 4.32. The molecule has 4 N–H and O–H groups in total. The molecule has 1 aliphatic heterocycles. The Morgan fingerprint density at radius 1 is 1.19 bits per heavy atom. The quantitative estimate of drug-likeness (QED) is 0.532. The largest absolute Gasteiger partial charge is 0.503 e. The van der Waals surface area contributed by atoms with Gasteiger partial charge in [0.2, 0.25) is 0 Å². The lowest BCUT2D eigenvalue weighted by atomic mass is 10.1. The predicted octanol–water partition coefficient (Wildman–Crippen LogP) is 3.22. The highest BCUT2D eigenvalue weighted by molar-refractivity contribution is 6.00. The van der Waals surface area contributed by atoms with Gasteiger partial charge in [0.15, 0.2) is 17.4 Å². The van der Waals surface area contributed by atoms with Crippen LogP contribution in [0.15, 0.2) is 48.8 Å². The van der Waals surface area contributed by atoms with Crippen LogP contribution in [0, 0.1) is 5.41 Å². The molecule has 3 aromatic rings. The van der Waals surface area contributed by atoms with E-state index in [0.717, 1.165) is 16.8 Å². The zero-order valence-corrected chi connectivity index (χ0v) is 14.6. The molecule has 2 aromatic carbocycles. The van der Waals surface area contributed by atoms with Crippen molar-refractivity contribution in [2.24, 2.45) is 0 Å². The molecule has 1 aromatic heterocycles. The number of ketones is 1. The molecule has 0 saturated carbocycles. The monoisotopic (exact) mass is 359 g/mol. The second-order valence-corrected chi connectivity index (χ2v) is 6.28. The number of aromatic hydroxyl groups is 1. The number of carbonyl (C=O) groups excluding carboxylic acids is 1. The summed E-state index contributed by atoms with van der Waals surface area (Å²) in [6.07, 6.45) is 1.38. The van der Waals surface area contributed by atoms with E-state index >= 15 is 0 Å².